The number of carbonyl (C=O) groups is 1. The number of hydrogen-bond donors (Lipinski definition) is 1. The summed E-state index contributed by atoms with van der Waals surface area (Å²) >= 11 is 5.96. The van der Waals surface area contributed by atoms with Gasteiger partial charge in [0.25, 0.3) is 5.91 Å². The van der Waals surface area contributed by atoms with Gasteiger partial charge in [-0.05, 0) is 35.9 Å². The average molecular weight is 393 g/mol. The van der Waals surface area contributed by atoms with Gasteiger partial charge in [0.15, 0.2) is 0 Å². The van der Waals surface area contributed by atoms with Crippen molar-refractivity contribution < 1.29 is 18.7 Å². The molecule has 0 saturated carbocycles. The lowest BCUT2D eigenvalue weighted by Crippen LogP contribution is -2.43. The Kier molecular flexibility index (Phi) is 6.66. The Hall–Kier alpha value is -2.15. The van der Waals surface area contributed by atoms with Crippen LogP contribution in [0.3, 0.4) is 0 Å². The maximum atomic E-state index is 13.3. The van der Waals surface area contributed by atoms with E-state index in [-0.39, 0.29) is 17.8 Å². The number of carbonyl (C=O) groups excluding carboxylic acids is 1. The van der Waals surface area contributed by atoms with Crippen molar-refractivity contribution in [3.8, 4) is 5.75 Å². The number of rotatable bonds is 6. The molecule has 1 heterocycles. The van der Waals surface area contributed by atoms with Crippen molar-refractivity contribution in [1.29, 1.82) is 0 Å². The minimum atomic E-state index is -0.283. The second-order valence-corrected chi connectivity index (χ2v) is 6.71. The number of hydrogen-bond acceptors (Lipinski definition) is 4. The minimum absolute atomic E-state index is 0.0725. The van der Waals surface area contributed by atoms with Gasteiger partial charge in [-0.25, -0.2) is 4.39 Å². The van der Waals surface area contributed by atoms with Gasteiger partial charge in [0, 0.05) is 24.7 Å². The molecule has 2 aromatic rings. The normalized spacial score (nSPS) is 16.0. The van der Waals surface area contributed by atoms with Crippen molar-refractivity contribution in [1.82, 2.24) is 10.2 Å². The van der Waals surface area contributed by atoms with Gasteiger partial charge in [-0.15, -0.1) is 0 Å². The molecule has 144 valence electrons. The topological polar surface area (TPSA) is 50.8 Å². The molecule has 27 heavy (non-hydrogen) atoms. The van der Waals surface area contributed by atoms with Crippen molar-refractivity contribution in [2.24, 2.45) is 0 Å². The van der Waals surface area contributed by atoms with E-state index in [1.807, 2.05) is 0 Å². The van der Waals surface area contributed by atoms with Gasteiger partial charge >= 0.3 is 0 Å². The van der Waals surface area contributed by atoms with Crippen LogP contribution in [0, 0.1) is 5.82 Å². The third-order valence-electron chi connectivity index (χ3n) is 4.61. The largest absolute Gasteiger partial charge is 0.496 e. The third kappa shape index (κ3) is 4.97. The summed E-state index contributed by atoms with van der Waals surface area (Å²) in [5, 5.41) is 3.47. The van der Waals surface area contributed by atoms with Crippen LogP contribution in [0.2, 0.25) is 5.02 Å². The second kappa shape index (κ2) is 9.17. The summed E-state index contributed by atoms with van der Waals surface area (Å²) in [7, 11) is 1.50. The van der Waals surface area contributed by atoms with E-state index >= 15 is 0 Å². The highest BCUT2D eigenvalue weighted by Crippen LogP contribution is 2.25. The first kappa shape index (κ1) is 19.6. The van der Waals surface area contributed by atoms with Gasteiger partial charge in [-0.3, -0.25) is 9.69 Å². The van der Waals surface area contributed by atoms with Crippen molar-refractivity contribution in [2.45, 2.75) is 6.04 Å². The van der Waals surface area contributed by atoms with Crippen LogP contribution in [0.15, 0.2) is 42.5 Å². The summed E-state index contributed by atoms with van der Waals surface area (Å²) in [4.78, 5) is 14.9. The Morgan fingerprint density at radius 2 is 1.96 bits per heavy atom. The number of amides is 1. The van der Waals surface area contributed by atoms with E-state index in [1.165, 1.54) is 19.2 Å². The summed E-state index contributed by atoms with van der Waals surface area (Å²) in [5.41, 5.74) is 1.36. The van der Waals surface area contributed by atoms with Crippen molar-refractivity contribution in [3.05, 3.63) is 64.4 Å². The quantitative estimate of drug-likeness (QED) is 0.819. The molecule has 3 rings (SSSR count). The zero-order valence-corrected chi connectivity index (χ0v) is 15.8. The van der Waals surface area contributed by atoms with Crippen LogP contribution in [-0.2, 0) is 4.74 Å². The zero-order valence-electron chi connectivity index (χ0n) is 15.1. The zero-order chi connectivity index (χ0) is 19.2. The van der Waals surface area contributed by atoms with E-state index in [9.17, 15) is 9.18 Å². The van der Waals surface area contributed by atoms with Crippen LogP contribution < -0.4 is 10.1 Å². The Labute approximate surface area is 163 Å². The Balaban J connectivity index is 1.76. The molecule has 0 radical (unpaired) electrons. The summed E-state index contributed by atoms with van der Waals surface area (Å²) in [5.74, 6) is -0.108. The summed E-state index contributed by atoms with van der Waals surface area (Å²) in [6.45, 7) is 3.16. The fourth-order valence-electron chi connectivity index (χ4n) is 3.17. The number of nitrogens with zero attached hydrogens (tertiary/aromatic N) is 1. The Morgan fingerprint density at radius 1 is 1.26 bits per heavy atom. The van der Waals surface area contributed by atoms with Crippen LogP contribution in [0.5, 0.6) is 5.75 Å². The van der Waals surface area contributed by atoms with Crippen molar-refractivity contribution in [2.75, 3.05) is 40.0 Å². The molecule has 2 aromatic carbocycles. The maximum absolute atomic E-state index is 13.3. The highest BCUT2D eigenvalue weighted by molar-refractivity contribution is 6.30. The number of methoxy groups -OCH3 is 1. The molecule has 0 aromatic heterocycles. The lowest BCUT2D eigenvalue weighted by Gasteiger charge is -2.35. The predicted octanol–water partition coefficient (Wildman–Crippen LogP) is 3.29. The van der Waals surface area contributed by atoms with Gasteiger partial charge < -0.3 is 14.8 Å². The molecule has 1 unspecified atom stereocenters. The molecule has 1 atom stereocenters. The lowest BCUT2D eigenvalue weighted by molar-refractivity contribution is 0.0162. The molecule has 5 nitrogen and oxygen atoms in total. The number of morpholine rings is 1. The van der Waals surface area contributed by atoms with E-state index in [0.717, 1.165) is 18.7 Å². The molecule has 1 N–H and O–H groups in total. The van der Waals surface area contributed by atoms with E-state index in [1.54, 1.807) is 30.3 Å². The highest BCUT2D eigenvalue weighted by atomic mass is 35.5. The molecular formula is C20H22ClFN2O3. The Bertz CT molecular complexity index is 779. The smallest absolute Gasteiger partial charge is 0.255 e. The van der Waals surface area contributed by atoms with Crippen LogP contribution in [-0.4, -0.2) is 50.8 Å². The predicted molar refractivity (Wildman–Crippen MR) is 102 cm³/mol. The molecule has 0 spiro atoms. The van der Waals surface area contributed by atoms with Crippen LogP contribution in [0.4, 0.5) is 4.39 Å². The van der Waals surface area contributed by atoms with E-state index in [0.29, 0.717) is 36.1 Å². The molecule has 1 fully saturated rings. The standard InChI is InChI=1S/C20H22ClFN2O3/c1-26-19-12-15(21)4-7-17(19)20(25)23-13-18(24-8-10-27-11-9-24)14-2-5-16(22)6-3-14/h2-7,12,18H,8-11,13H2,1H3,(H,23,25). The van der Waals surface area contributed by atoms with Gasteiger partial charge in [0.2, 0.25) is 0 Å². The molecule has 0 bridgehead atoms. The van der Waals surface area contributed by atoms with Gasteiger partial charge in [0.1, 0.15) is 11.6 Å². The van der Waals surface area contributed by atoms with Crippen LogP contribution in [0.25, 0.3) is 0 Å². The van der Waals surface area contributed by atoms with Crippen molar-refractivity contribution >= 4 is 17.5 Å². The lowest BCUT2D eigenvalue weighted by atomic mass is 10.0. The van der Waals surface area contributed by atoms with Crippen molar-refractivity contribution in [3.63, 3.8) is 0 Å². The molecule has 7 heteroatoms. The average Bonchev–Trinajstić information content (AvgIpc) is 2.70. The maximum Gasteiger partial charge on any atom is 0.255 e. The van der Waals surface area contributed by atoms with E-state index in [4.69, 9.17) is 21.1 Å². The first-order valence-corrected chi connectivity index (χ1v) is 9.15. The SMILES string of the molecule is COc1cc(Cl)ccc1C(=O)NCC(c1ccc(F)cc1)N1CCOCC1. The molecule has 1 saturated heterocycles. The summed E-state index contributed by atoms with van der Waals surface area (Å²) in [6, 6.07) is 11.2. The molecule has 1 aliphatic rings. The first-order valence-electron chi connectivity index (χ1n) is 8.77. The monoisotopic (exact) mass is 392 g/mol. The van der Waals surface area contributed by atoms with E-state index < -0.39 is 0 Å². The number of halogens is 2. The second-order valence-electron chi connectivity index (χ2n) is 6.27. The van der Waals surface area contributed by atoms with E-state index in [2.05, 4.69) is 10.2 Å². The number of nitrogens with one attached hydrogen (secondary N) is 1. The molecule has 1 amide bonds. The summed E-state index contributed by atoms with van der Waals surface area (Å²) < 4.78 is 24.0. The van der Waals surface area contributed by atoms with Crippen LogP contribution >= 0.6 is 11.6 Å². The van der Waals surface area contributed by atoms with Crippen LogP contribution in [0.1, 0.15) is 22.0 Å². The molecule has 1 aliphatic heterocycles. The first-order chi connectivity index (χ1) is 13.1. The van der Waals surface area contributed by atoms with Gasteiger partial charge in [-0.2, -0.15) is 0 Å². The molecule has 0 aliphatic carbocycles. The Morgan fingerprint density at radius 3 is 2.63 bits per heavy atom. The highest BCUT2D eigenvalue weighted by Gasteiger charge is 2.24. The fourth-order valence-corrected chi connectivity index (χ4v) is 3.33. The van der Waals surface area contributed by atoms with Gasteiger partial charge in [-0.1, -0.05) is 23.7 Å². The number of benzene rings is 2. The number of ether oxygens (including phenoxy) is 2. The van der Waals surface area contributed by atoms with Gasteiger partial charge in [0.05, 0.1) is 31.9 Å². The summed E-state index contributed by atoms with van der Waals surface area (Å²) in [6.07, 6.45) is 0. The molecular weight excluding hydrogens is 371 g/mol. The fraction of sp³-hybridized carbons (Fsp3) is 0.350. The third-order valence-corrected chi connectivity index (χ3v) is 4.84. The minimum Gasteiger partial charge on any atom is -0.496 e.